The molecule has 2 aromatic carbocycles. The Labute approximate surface area is 246 Å². The van der Waals surface area contributed by atoms with E-state index in [0.717, 1.165) is 22.6 Å². The summed E-state index contributed by atoms with van der Waals surface area (Å²) in [6.07, 6.45) is -1.31. The van der Waals surface area contributed by atoms with Crippen LogP contribution < -0.4 is 4.90 Å². The normalized spacial score (nSPS) is 15.4. The van der Waals surface area contributed by atoms with E-state index in [1.54, 1.807) is 38.1 Å². The largest absolute Gasteiger partial charge is 0.463 e. The van der Waals surface area contributed by atoms with E-state index < -0.39 is 35.7 Å². The van der Waals surface area contributed by atoms with Crippen LogP contribution in [0.2, 0.25) is 0 Å². The number of anilines is 1. The predicted octanol–water partition coefficient (Wildman–Crippen LogP) is 5.03. The number of likely N-dealkylation sites (N-methyl/N-ethyl adjacent to an activating group) is 1. The number of nitriles is 1. The SMILES string of the molecule is CCOC(=O)C1=C(C)N(c2cccc(C(F)(F)F)c2)C(=O)N(C)C1c1ccc(C#N)cc1C(=O)N(C)Cc1cnn(C)c1. The molecule has 1 aliphatic heterocycles. The lowest BCUT2D eigenvalue weighted by atomic mass is 9.88. The zero-order valence-electron chi connectivity index (χ0n) is 24.1. The summed E-state index contributed by atoms with van der Waals surface area (Å²) in [6.45, 7) is 3.20. The highest BCUT2D eigenvalue weighted by atomic mass is 19.4. The number of halogens is 3. The topological polar surface area (TPSA) is 112 Å². The smallest absolute Gasteiger partial charge is 0.416 e. The number of allylic oxidation sites excluding steroid dienone is 1. The zero-order chi connectivity index (χ0) is 31.6. The van der Waals surface area contributed by atoms with Crippen LogP contribution in [0.25, 0.3) is 0 Å². The first-order valence-corrected chi connectivity index (χ1v) is 13.2. The number of carbonyl (C=O) groups is 3. The molecule has 224 valence electrons. The highest BCUT2D eigenvalue weighted by Gasteiger charge is 2.43. The van der Waals surface area contributed by atoms with Crippen molar-refractivity contribution in [3.63, 3.8) is 0 Å². The number of hydrogen-bond donors (Lipinski definition) is 0. The Bertz CT molecular complexity index is 1660. The Morgan fingerprint density at radius 1 is 1.16 bits per heavy atom. The van der Waals surface area contributed by atoms with Gasteiger partial charge in [-0.2, -0.15) is 23.5 Å². The lowest BCUT2D eigenvalue weighted by Gasteiger charge is -2.41. The lowest BCUT2D eigenvalue weighted by Crippen LogP contribution is -2.49. The van der Waals surface area contributed by atoms with Gasteiger partial charge in [0.15, 0.2) is 0 Å². The van der Waals surface area contributed by atoms with Crippen molar-refractivity contribution in [1.82, 2.24) is 19.6 Å². The van der Waals surface area contributed by atoms with Gasteiger partial charge in [-0.15, -0.1) is 0 Å². The fourth-order valence-electron chi connectivity index (χ4n) is 5.04. The number of nitrogens with zero attached hydrogens (tertiary/aromatic N) is 6. The molecule has 0 bridgehead atoms. The van der Waals surface area contributed by atoms with Crippen LogP contribution in [-0.4, -0.2) is 58.2 Å². The monoisotopic (exact) mass is 594 g/mol. The van der Waals surface area contributed by atoms with E-state index in [1.165, 1.54) is 54.1 Å². The van der Waals surface area contributed by atoms with Gasteiger partial charge in [-0.1, -0.05) is 12.1 Å². The van der Waals surface area contributed by atoms with Gasteiger partial charge in [0.05, 0.1) is 47.3 Å². The summed E-state index contributed by atoms with van der Waals surface area (Å²) in [7, 11) is 4.69. The number of rotatable bonds is 7. The van der Waals surface area contributed by atoms with Gasteiger partial charge in [-0.05, 0) is 49.7 Å². The number of carbonyl (C=O) groups excluding carboxylic acids is 3. The first-order valence-electron chi connectivity index (χ1n) is 13.2. The molecule has 1 aliphatic rings. The van der Waals surface area contributed by atoms with Crippen LogP contribution in [0.5, 0.6) is 0 Å². The number of ether oxygens (including phenoxy) is 1. The molecule has 2 heterocycles. The van der Waals surface area contributed by atoms with E-state index in [-0.39, 0.29) is 46.8 Å². The van der Waals surface area contributed by atoms with Gasteiger partial charge in [0, 0.05) is 50.7 Å². The van der Waals surface area contributed by atoms with Crippen LogP contribution in [0.3, 0.4) is 0 Å². The van der Waals surface area contributed by atoms with Crippen LogP contribution in [0, 0.1) is 11.3 Å². The molecule has 4 rings (SSSR count). The van der Waals surface area contributed by atoms with Crippen LogP contribution in [0.15, 0.2) is 66.1 Å². The van der Waals surface area contributed by atoms with Crippen LogP contribution in [-0.2, 0) is 29.3 Å². The quantitative estimate of drug-likeness (QED) is 0.355. The maximum absolute atomic E-state index is 13.8. The fourth-order valence-corrected chi connectivity index (χ4v) is 5.04. The summed E-state index contributed by atoms with van der Waals surface area (Å²) in [5.74, 6) is -1.30. The summed E-state index contributed by atoms with van der Waals surface area (Å²) in [6, 6.07) is 8.65. The summed E-state index contributed by atoms with van der Waals surface area (Å²) in [5.41, 5.74) is 0.159. The van der Waals surface area contributed by atoms with E-state index in [4.69, 9.17) is 4.74 Å². The molecule has 0 spiro atoms. The van der Waals surface area contributed by atoms with E-state index in [0.29, 0.717) is 0 Å². The van der Waals surface area contributed by atoms with Crippen molar-refractivity contribution in [2.75, 3.05) is 25.6 Å². The number of aryl methyl sites for hydroxylation is 1. The van der Waals surface area contributed by atoms with Gasteiger partial charge in [0.2, 0.25) is 0 Å². The summed E-state index contributed by atoms with van der Waals surface area (Å²) in [4.78, 5) is 44.7. The van der Waals surface area contributed by atoms with Crippen molar-refractivity contribution in [3.8, 4) is 6.07 Å². The van der Waals surface area contributed by atoms with Crippen LogP contribution in [0.1, 0.15) is 52.5 Å². The van der Waals surface area contributed by atoms with Gasteiger partial charge in [0.25, 0.3) is 5.91 Å². The molecule has 0 saturated heterocycles. The maximum Gasteiger partial charge on any atom is 0.416 e. The van der Waals surface area contributed by atoms with Crippen LogP contribution >= 0.6 is 0 Å². The van der Waals surface area contributed by atoms with E-state index >= 15 is 0 Å². The summed E-state index contributed by atoms with van der Waals surface area (Å²) >= 11 is 0. The van der Waals surface area contributed by atoms with Crippen molar-refractivity contribution >= 4 is 23.6 Å². The third-order valence-corrected chi connectivity index (χ3v) is 7.04. The Morgan fingerprint density at radius 3 is 2.49 bits per heavy atom. The first-order chi connectivity index (χ1) is 20.3. The Morgan fingerprint density at radius 2 is 1.88 bits per heavy atom. The Kier molecular flexibility index (Phi) is 8.61. The molecule has 1 aromatic heterocycles. The number of alkyl halides is 3. The molecular weight excluding hydrogens is 565 g/mol. The second-order valence-corrected chi connectivity index (χ2v) is 10.00. The standard InChI is InChI=1S/C30H29F3N6O4/c1-6-43-28(41)25-18(2)39(22-9-7-8-21(13-22)30(31,32)33)29(42)38(5)26(25)23-11-10-19(14-34)12-24(23)27(40)36(3)16-20-15-35-37(4)17-20/h7-13,15,17,26H,6,16H2,1-5H3. The van der Waals surface area contributed by atoms with Gasteiger partial charge in [0.1, 0.15) is 0 Å². The third kappa shape index (κ3) is 6.08. The minimum atomic E-state index is -4.66. The summed E-state index contributed by atoms with van der Waals surface area (Å²) in [5, 5.41) is 13.7. The molecule has 43 heavy (non-hydrogen) atoms. The van der Waals surface area contributed by atoms with E-state index in [1.807, 2.05) is 6.07 Å². The molecule has 10 nitrogen and oxygen atoms in total. The average Bonchev–Trinajstić information content (AvgIpc) is 3.38. The number of aromatic nitrogens is 2. The van der Waals surface area contributed by atoms with Gasteiger partial charge < -0.3 is 14.5 Å². The number of esters is 1. The molecule has 0 N–H and O–H groups in total. The average molecular weight is 595 g/mol. The number of urea groups is 1. The number of hydrogen-bond acceptors (Lipinski definition) is 6. The van der Waals surface area contributed by atoms with Crippen molar-refractivity contribution in [3.05, 3.63) is 93.9 Å². The van der Waals surface area contributed by atoms with Crippen molar-refractivity contribution < 1.29 is 32.3 Å². The van der Waals surface area contributed by atoms with Gasteiger partial charge in [-0.3, -0.25) is 14.4 Å². The molecule has 0 fully saturated rings. The molecule has 3 amide bonds. The predicted molar refractivity (Wildman–Crippen MR) is 149 cm³/mol. The molecule has 1 unspecified atom stereocenters. The minimum Gasteiger partial charge on any atom is -0.463 e. The van der Waals surface area contributed by atoms with Crippen molar-refractivity contribution in [2.45, 2.75) is 32.6 Å². The Hall–Kier alpha value is -5.12. The fraction of sp³-hybridized carbons (Fsp3) is 0.300. The highest BCUT2D eigenvalue weighted by molar-refractivity contribution is 6.04. The first kappa shape index (κ1) is 30.8. The molecule has 0 aliphatic carbocycles. The maximum atomic E-state index is 13.8. The zero-order valence-corrected chi connectivity index (χ0v) is 24.1. The Balaban J connectivity index is 1.89. The van der Waals surface area contributed by atoms with E-state index in [9.17, 15) is 32.8 Å². The minimum absolute atomic E-state index is 0.0173. The van der Waals surface area contributed by atoms with Crippen LogP contribution in [0.4, 0.5) is 23.7 Å². The second-order valence-electron chi connectivity index (χ2n) is 10.00. The third-order valence-electron chi connectivity index (χ3n) is 7.04. The molecule has 0 saturated carbocycles. The van der Waals surface area contributed by atoms with E-state index in [2.05, 4.69) is 5.10 Å². The highest BCUT2D eigenvalue weighted by Crippen LogP contribution is 2.41. The number of amides is 3. The molecular formula is C30H29F3N6O4. The number of benzene rings is 2. The summed E-state index contributed by atoms with van der Waals surface area (Å²) < 4.78 is 47.5. The van der Waals surface area contributed by atoms with Gasteiger partial charge >= 0.3 is 18.2 Å². The van der Waals surface area contributed by atoms with Gasteiger partial charge in [-0.25, -0.2) is 9.59 Å². The molecule has 0 radical (unpaired) electrons. The van der Waals surface area contributed by atoms with Crippen molar-refractivity contribution in [1.29, 1.82) is 5.26 Å². The molecule has 1 atom stereocenters. The molecule has 3 aromatic rings. The lowest BCUT2D eigenvalue weighted by molar-refractivity contribution is -0.139. The van der Waals surface area contributed by atoms with Crippen molar-refractivity contribution in [2.24, 2.45) is 7.05 Å². The second kappa shape index (κ2) is 12.0. The molecule has 13 heteroatoms.